The van der Waals surface area contributed by atoms with E-state index in [4.69, 9.17) is 0 Å². The number of carbonyl (C=O) groups excluding carboxylic acids is 1. The lowest BCUT2D eigenvalue weighted by Gasteiger charge is -2.17. The van der Waals surface area contributed by atoms with Crippen LogP contribution in [-0.4, -0.2) is 25.0 Å². The fourth-order valence-electron chi connectivity index (χ4n) is 3.86. The molecule has 2 aliphatic carbocycles. The van der Waals surface area contributed by atoms with Crippen molar-refractivity contribution in [2.24, 2.45) is 5.92 Å². The highest BCUT2D eigenvalue weighted by molar-refractivity contribution is 5.76. The first-order valence-electron chi connectivity index (χ1n) is 9.34. The van der Waals surface area contributed by atoms with Crippen LogP contribution in [0.5, 0.6) is 0 Å². The minimum atomic E-state index is 0.268. The summed E-state index contributed by atoms with van der Waals surface area (Å²) in [5, 5.41) is 6.72. The minimum Gasteiger partial charge on any atom is -0.355 e. The highest BCUT2D eigenvalue weighted by atomic mass is 16.1. The van der Waals surface area contributed by atoms with Crippen LogP contribution in [0.2, 0.25) is 0 Å². The Balaban J connectivity index is 1.52. The van der Waals surface area contributed by atoms with Crippen LogP contribution in [0.25, 0.3) is 0 Å². The summed E-state index contributed by atoms with van der Waals surface area (Å²) >= 11 is 0. The first-order valence-corrected chi connectivity index (χ1v) is 9.34. The van der Waals surface area contributed by atoms with Crippen LogP contribution in [0.4, 0.5) is 0 Å². The van der Waals surface area contributed by atoms with Crippen LogP contribution >= 0.6 is 0 Å². The van der Waals surface area contributed by atoms with E-state index in [-0.39, 0.29) is 5.91 Å². The van der Waals surface area contributed by atoms with Crippen LogP contribution in [0, 0.1) is 5.92 Å². The van der Waals surface area contributed by atoms with Gasteiger partial charge in [-0.1, -0.05) is 51.4 Å². The number of hydrogen-bond acceptors (Lipinski definition) is 2. The Kier molecular flexibility index (Phi) is 8.16. The van der Waals surface area contributed by atoms with Gasteiger partial charge < -0.3 is 10.6 Å². The van der Waals surface area contributed by atoms with E-state index in [1.807, 2.05) is 0 Å². The molecule has 0 radical (unpaired) electrons. The van der Waals surface area contributed by atoms with Gasteiger partial charge in [0.25, 0.3) is 0 Å². The van der Waals surface area contributed by atoms with Gasteiger partial charge in [0.2, 0.25) is 5.91 Å². The van der Waals surface area contributed by atoms with Gasteiger partial charge in [0.1, 0.15) is 0 Å². The van der Waals surface area contributed by atoms with E-state index in [1.165, 1.54) is 77.0 Å². The molecule has 3 nitrogen and oxygen atoms in total. The average molecular weight is 294 g/mol. The van der Waals surface area contributed by atoms with E-state index < -0.39 is 0 Å². The zero-order valence-corrected chi connectivity index (χ0v) is 13.7. The number of amides is 1. The number of nitrogens with one attached hydrogen (secondary N) is 2. The molecule has 3 heteroatoms. The quantitative estimate of drug-likeness (QED) is 0.578. The average Bonchev–Trinajstić information content (AvgIpc) is 2.88. The third kappa shape index (κ3) is 7.30. The largest absolute Gasteiger partial charge is 0.355 e. The molecule has 0 heterocycles. The first kappa shape index (κ1) is 16.8. The highest BCUT2D eigenvalue weighted by Gasteiger charge is 2.16. The molecule has 0 spiro atoms. The number of hydrogen-bond donors (Lipinski definition) is 2. The monoisotopic (exact) mass is 294 g/mol. The van der Waals surface area contributed by atoms with Gasteiger partial charge in [-0.2, -0.15) is 0 Å². The van der Waals surface area contributed by atoms with Gasteiger partial charge in [0, 0.05) is 25.6 Å². The molecule has 0 aliphatic heterocycles. The Morgan fingerprint density at radius 2 is 1.33 bits per heavy atom. The standard InChI is InChI=1S/C18H34N2O/c21-18(15-16-9-5-1-2-6-10-16)20-14-13-19-17-11-7-3-4-8-12-17/h16-17,19H,1-15H2,(H,20,21). The molecule has 0 aromatic heterocycles. The van der Waals surface area contributed by atoms with E-state index in [9.17, 15) is 4.79 Å². The Bertz CT molecular complexity index is 277. The lowest BCUT2D eigenvalue weighted by molar-refractivity contribution is -0.122. The fourth-order valence-corrected chi connectivity index (χ4v) is 3.86. The molecule has 2 fully saturated rings. The highest BCUT2D eigenvalue weighted by Crippen LogP contribution is 2.25. The third-order valence-corrected chi connectivity index (χ3v) is 5.18. The molecule has 1 amide bonds. The summed E-state index contributed by atoms with van der Waals surface area (Å²) in [5.41, 5.74) is 0. The topological polar surface area (TPSA) is 41.1 Å². The second-order valence-corrected chi connectivity index (χ2v) is 7.05. The molecule has 2 rings (SSSR count). The minimum absolute atomic E-state index is 0.268. The van der Waals surface area contributed by atoms with Crippen LogP contribution < -0.4 is 10.6 Å². The van der Waals surface area contributed by atoms with E-state index >= 15 is 0 Å². The normalized spacial score (nSPS) is 22.5. The Labute approximate surface area is 130 Å². The lowest BCUT2D eigenvalue weighted by Crippen LogP contribution is -2.37. The van der Waals surface area contributed by atoms with Crippen LogP contribution in [0.3, 0.4) is 0 Å². The van der Waals surface area contributed by atoms with Gasteiger partial charge in [-0.25, -0.2) is 0 Å². The predicted octanol–water partition coefficient (Wildman–Crippen LogP) is 3.78. The van der Waals surface area contributed by atoms with E-state index in [2.05, 4.69) is 10.6 Å². The van der Waals surface area contributed by atoms with Gasteiger partial charge in [0.05, 0.1) is 0 Å². The van der Waals surface area contributed by atoms with Gasteiger partial charge in [-0.15, -0.1) is 0 Å². The van der Waals surface area contributed by atoms with Crippen LogP contribution in [0.15, 0.2) is 0 Å². The summed E-state index contributed by atoms with van der Waals surface area (Å²) in [6.07, 6.45) is 16.8. The van der Waals surface area contributed by atoms with E-state index in [1.54, 1.807) is 0 Å². The molecular formula is C18H34N2O. The molecule has 0 atom stereocenters. The second-order valence-electron chi connectivity index (χ2n) is 7.05. The van der Waals surface area contributed by atoms with Crippen LogP contribution in [0.1, 0.15) is 83.5 Å². The van der Waals surface area contributed by atoms with Crippen molar-refractivity contribution in [3.05, 3.63) is 0 Å². The molecule has 0 aromatic carbocycles. The van der Waals surface area contributed by atoms with Crippen LogP contribution in [-0.2, 0) is 4.79 Å². The maximum absolute atomic E-state index is 12.0. The fraction of sp³-hybridized carbons (Fsp3) is 0.944. The summed E-state index contributed by atoms with van der Waals surface area (Å²) < 4.78 is 0. The van der Waals surface area contributed by atoms with Crippen molar-refractivity contribution in [1.29, 1.82) is 0 Å². The molecule has 2 N–H and O–H groups in total. The summed E-state index contributed by atoms with van der Waals surface area (Å²) in [6.45, 7) is 1.73. The van der Waals surface area contributed by atoms with Crippen molar-refractivity contribution in [3.63, 3.8) is 0 Å². The molecule has 2 saturated carbocycles. The summed E-state index contributed by atoms with van der Waals surface area (Å²) in [5.74, 6) is 0.909. The smallest absolute Gasteiger partial charge is 0.220 e. The molecule has 2 aliphatic rings. The predicted molar refractivity (Wildman–Crippen MR) is 88.3 cm³/mol. The van der Waals surface area contributed by atoms with Crippen molar-refractivity contribution in [1.82, 2.24) is 10.6 Å². The summed E-state index contributed by atoms with van der Waals surface area (Å²) in [4.78, 5) is 12.0. The van der Waals surface area contributed by atoms with Crippen molar-refractivity contribution < 1.29 is 4.79 Å². The summed E-state index contributed by atoms with van der Waals surface area (Å²) in [7, 11) is 0. The zero-order chi connectivity index (χ0) is 14.8. The Morgan fingerprint density at radius 3 is 1.95 bits per heavy atom. The molecular weight excluding hydrogens is 260 g/mol. The molecule has 0 saturated heterocycles. The number of rotatable bonds is 6. The Hall–Kier alpha value is -0.570. The molecule has 0 aromatic rings. The SMILES string of the molecule is O=C(CC1CCCCCC1)NCCNC1CCCCCC1. The maximum Gasteiger partial charge on any atom is 0.220 e. The van der Waals surface area contributed by atoms with Gasteiger partial charge in [0.15, 0.2) is 0 Å². The van der Waals surface area contributed by atoms with E-state index in [0.717, 1.165) is 19.5 Å². The number of carbonyl (C=O) groups is 1. The molecule has 21 heavy (non-hydrogen) atoms. The third-order valence-electron chi connectivity index (χ3n) is 5.18. The Morgan fingerprint density at radius 1 is 0.762 bits per heavy atom. The second kappa shape index (κ2) is 10.2. The van der Waals surface area contributed by atoms with Crippen molar-refractivity contribution in [2.75, 3.05) is 13.1 Å². The lowest BCUT2D eigenvalue weighted by atomic mass is 9.96. The molecule has 0 bridgehead atoms. The maximum atomic E-state index is 12.0. The molecule has 0 unspecified atom stereocenters. The molecule has 122 valence electrons. The van der Waals surface area contributed by atoms with Gasteiger partial charge in [-0.05, 0) is 31.6 Å². The van der Waals surface area contributed by atoms with Crippen molar-refractivity contribution >= 4 is 5.91 Å². The van der Waals surface area contributed by atoms with Crippen molar-refractivity contribution in [2.45, 2.75) is 89.5 Å². The zero-order valence-electron chi connectivity index (χ0n) is 13.7. The summed E-state index contributed by atoms with van der Waals surface area (Å²) in [6, 6.07) is 0.686. The first-order chi connectivity index (χ1) is 10.3. The van der Waals surface area contributed by atoms with E-state index in [0.29, 0.717) is 12.0 Å². The van der Waals surface area contributed by atoms with Gasteiger partial charge >= 0.3 is 0 Å². The van der Waals surface area contributed by atoms with Gasteiger partial charge in [-0.3, -0.25) is 4.79 Å². The van der Waals surface area contributed by atoms with Crippen molar-refractivity contribution in [3.8, 4) is 0 Å².